The molecule has 1 heterocycles. The van der Waals surface area contributed by atoms with Gasteiger partial charge < -0.3 is 0 Å². The van der Waals surface area contributed by atoms with Crippen LogP contribution in [0.25, 0.3) is 0 Å². The Morgan fingerprint density at radius 1 is 1.69 bits per heavy atom. The van der Waals surface area contributed by atoms with Gasteiger partial charge in [0.15, 0.2) is 0 Å². The third-order valence-electron chi connectivity index (χ3n) is 2.13. The van der Waals surface area contributed by atoms with E-state index in [1.54, 1.807) is 5.54 Å². The van der Waals surface area contributed by atoms with Gasteiger partial charge in [0, 0.05) is 47.5 Å². The van der Waals surface area contributed by atoms with Crippen molar-refractivity contribution >= 4 is 22.4 Å². The van der Waals surface area contributed by atoms with E-state index in [1.165, 1.54) is 0 Å². The van der Waals surface area contributed by atoms with Gasteiger partial charge in [-0.1, -0.05) is 24.6 Å². The quantitative estimate of drug-likeness (QED) is 0.704. The summed E-state index contributed by atoms with van der Waals surface area (Å²) in [4.78, 5) is 2.30. The molecule has 0 radical (unpaired) electrons. The molecule has 1 aliphatic heterocycles. The van der Waals surface area contributed by atoms with Crippen molar-refractivity contribution in [2.75, 3.05) is 31.1 Å². The maximum Gasteiger partial charge on any atom is 0.0362 e. The van der Waals surface area contributed by atoms with Gasteiger partial charge in [-0.2, -0.15) is 0 Å². The van der Waals surface area contributed by atoms with Crippen molar-refractivity contribution in [1.29, 1.82) is 0 Å². The van der Waals surface area contributed by atoms with Crippen LogP contribution in [-0.4, -0.2) is 40.2 Å². The molecule has 0 amide bonds. The van der Waals surface area contributed by atoms with Crippen molar-refractivity contribution in [3.05, 3.63) is 11.6 Å². The van der Waals surface area contributed by atoms with E-state index >= 15 is 0 Å². The minimum atomic E-state index is -0.613. The van der Waals surface area contributed by atoms with Crippen LogP contribution in [0.4, 0.5) is 0 Å². The highest BCUT2D eigenvalue weighted by Crippen LogP contribution is 2.07. The van der Waals surface area contributed by atoms with E-state index in [0.717, 1.165) is 31.1 Å². The van der Waals surface area contributed by atoms with E-state index in [4.69, 9.17) is 11.6 Å². The molecule has 2 nitrogen and oxygen atoms in total. The van der Waals surface area contributed by atoms with Crippen molar-refractivity contribution < 1.29 is 4.21 Å². The van der Waals surface area contributed by atoms with Crippen LogP contribution in [0.1, 0.15) is 6.92 Å². The molecule has 76 valence electrons. The summed E-state index contributed by atoms with van der Waals surface area (Å²) >= 11 is 5.46. The predicted octanol–water partition coefficient (Wildman–Crippen LogP) is 1.44. The molecule has 0 spiro atoms. The minimum Gasteiger partial charge on any atom is -0.298 e. The van der Waals surface area contributed by atoms with Gasteiger partial charge in [0.25, 0.3) is 0 Å². The lowest BCUT2D eigenvalue weighted by Crippen LogP contribution is -2.29. The smallest absolute Gasteiger partial charge is 0.0362 e. The van der Waals surface area contributed by atoms with E-state index in [1.807, 2.05) is 6.08 Å². The third kappa shape index (κ3) is 4.25. The highest BCUT2D eigenvalue weighted by molar-refractivity contribution is 7.85. The van der Waals surface area contributed by atoms with Crippen LogP contribution in [0.2, 0.25) is 0 Å². The van der Waals surface area contributed by atoms with Crippen LogP contribution >= 0.6 is 11.6 Å². The largest absolute Gasteiger partial charge is 0.298 e. The molecule has 2 atom stereocenters. The molecule has 0 aliphatic carbocycles. The Morgan fingerprint density at radius 3 is 3.15 bits per heavy atom. The summed E-state index contributed by atoms with van der Waals surface area (Å²) in [6.07, 6.45) is 1.93. The molecular formula is C9H16ClNOS. The second kappa shape index (κ2) is 5.78. The molecular weight excluding hydrogens is 206 g/mol. The average molecular weight is 222 g/mol. The minimum absolute atomic E-state index is 0.534. The summed E-state index contributed by atoms with van der Waals surface area (Å²) < 4.78 is 11.4. The maximum atomic E-state index is 11.4. The Morgan fingerprint density at radius 2 is 2.46 bits per heavy atom. The number of hydrogen-bond donors (Lipinski definition) is 0. The van der Waals surface area contributed by atoms with Gasteiger partial charge in [0.2, 0.25) is 0 Å². The molecule has 2 unspecified atom stereocenters. The molecule has 1 rings (SSSR count). The van der Waals surface area contributed by atoms with Gasteiger partial charge in [0.05, 0.1) is 0 Å². The van der Waals surface area contributed by atoms with E-state index < -0.39 is 10.8 Å². The van der Waals surface area contributed by atoms with Crippen LogP contribution in [0.3, 0.4) is 0 Å². The molecule has 4 heteroatoms. The zero-order chi connectivity index (χ0) is 9.68. The van der Waals surface area contributed by atoms with Crippen molar-refractivity contribution in [3.63, 3.8) is 0 Å². The molecule has 0 saturated carbocycles. The van der Waals surface area contributed by atoms with Crippen LogP contribution in [-0.2, 0) is 10.8 Å². The molecule has 0 aromatic heterocycles. The Bertz CT molecular complexity index is 208. The first-order chi connectivity index (χ1) is 6.22. The third-order valence-corrected chi connectivity index (χ3v) is 3.89. The highest BCUT2D eigenvalue weighted by Gasteiger charge is 2.17. The van der Waals surface area contributed by atoms with Crippen molar-refractivity contribution in [2.45, 2.75) is 6.92 Å². The first-order valence-electron chi connectivity index (χ1n) is 4.55. The monoisotopic (exact) mass is 221 g/mol. The van der Waals surface area contributed by atoms with Crippen molar-refractivity contribution in [1.82, 2.24) is 4.90 Å². The fourth-order valence-electron chi connectivity index (χ4n) is 1.57. The summed E-state index contributed by atoms with van der Waals surface area (Å²) in [6.45, 7) is 5.00. The molecule has 0 bridgehead atoms. The van der Waals surface area contributed by atoms with E-state index in [2.05, 4.69) is 11.8 Å². The second-order valence-corrected chi connectivity index (χ2v) is 5.41. The normalized spacial score (nSPS) is 32.2. The first-order valence-corrected chi connectivity index (χ1v) is 6.47. The number of rotatable bonds is 2. The topological polar surface area (TPSA) is 20.3 Å². The Hall–Kier alpha value is 0.140. The summed E-state index contributed by atoms with van der Waals surface area (Å²) in [6, 6.07) is 0. The van der Waals surface area contributed by atoms with Crippen LogP contribution in [0, 0.1) is 5.92 Å². The van der Waals surface area contributed by atoms with Gasteiger partial charge in [-0.3, -0.25) is 9.11 Å². The number of nitrogens with zero attached hydrogens (tertiary/aromatic N) is 1. The van der Waals surface area contributed by atoms with Gasteiger partial charge in [-0.25, -0.2) is 0 Å². The Kier molecular flexibility index (Phi) is 4.99. The standard InChI is InChI=1S/C9H16ClNOS/c1-9-7-11(4-2-3-10)5-6-13(12)8-9/h2-3,9H,4-8H2,1H3/b3-2+. The lowest BCUT2D eigenvalue weighted by molar-refractivity contribution is 0.292. The van der Waals surface area contributed by atoms with Crippen molar-refractivity contribution in [2.24, 2.45) is 5.92 Å². The lowest BCUT2D eigenvalue weighted by atomic mass is 10.2. The molecule has 1 aliphatic rings. The van der Waals surface area contributed by atoms with E-state index in [-0.39, 0.29) is 0 Å². The molecule has 1 fully saturated rings. The van der Waals surface area contributed by atoms with Gasteiger partial charge in [-0.05, 0) is 5.92 Å². The van der Waals surface area contributed by atoms with Crippen LogP contribution < -0.4 is 0 Å². The first kappa shape index (κ1) is 11.2. The summed E-state index contributed by atoms with van der Waals surface area (Å²) in [5.41, 5.74) is 1.55. The van der Waals surface area contributed by atoms with Gasteiger partial charge in [0.1, 0.15) is 0 Å². The Labute approximate surface area is 87.4 Å². The fourth-order valence-corrected chi connectivity index (χ4v) is 3.02. The fraction of sp³-hybridized carbons (Fsp3) is 0.778. The zero-order valence-electron chi connectivity index (χ0n) is 7.91. The van der Waals surface area contributed by atoms with Gasteiger partial charge in [-0.15, -0.1) is 0 Å². The van der Waals surface area contributed by atoms with E-state index in [9.17, 15) is 4.21 Å². The molecule has 1 saturated heterocycles. The summed E-state index contributed by atoms with van der Waals surface area (Å²) in [5.74, 6) is 2.19. The molecule has 13 heavy (non-hydrogen) atoms. The predicted molar refractivity (Wildman–Crippen MR) is 58.5 cm³/mol. The zero-order valence-corrected chi connectivity index (χ0v) is 9.48. The SMILES string of the molecule is CC1CN(C/C=C/Cl)CCS(=O)C1. The van der Waals surface area contributed by atoms with Crippen LogP contribution in [0.15, 0.2) is 11.6 Å². The van der Waals surface area contributed by atoms with E-state index in [0.29, 0.717) is 5.92 Å². The van der Waals surface area contributed by atoms with Crippen molar-refractivity contribution in [3.8, 4) is 0 Å². The lowest BCUT2D eigenvalue weighted by Gasteiger charge is -2.19. The Balaban J connectivity index is 2.42. The van der Waals surface area contributed by atoms with Gasteiger partial charge >= 0.3 is 0 Å². The second-order valence-electron chi connectivity index (χ2n) is 3.54. The summed E-state index contributed by atoms with van der Waals surface area (Å²) in [7, 11) is -0.613. The van der Waals surface area contributed by atoms with Crippen LogP contribution in [0.5, 0.6) is 0 Å². The maximum absolute atomic E-state index is 11.4. The molecule has 0 aromatic rings. The average Bonchev–Trinajstić information content (AvgIpc) is 2.23. The summed E-state index contributed by atoms with van der Waals surface area (Å²) in [5, 5.41) is 0. The molecule has 0 aromatic carbocycles. The number of halogens is 1. The molecule has 0 N–H and O–H groups in total. The highest BCUT2D eigenvalue weighted by atomic mass is 35.5. The number of hydrogen-bond acceptors (Lipinski definition) is 2.